The molecule has 0 saturated carbocycles. The number of anilines is 2. The number of carbonyl (C=O) groups is 1. The van der Waals surface area contributed by atoms with Gasteiger partial charge in [0.25, 0.3) is 15.9 Å². The number of benzene rings is 2. The third-order valence-electron chi connectivity index (χ3n) is 4.79. The molecule has 0 aliphatic carbocycles. The first-order valence-electron chi connectivity index (χ1n) is 9.89. The Morgan fingerprint density at radius 1 is 1.13 bits per heavy atom. The molecule has 0 spiro atoms. The minimum atomic E-state index is -3.80. The highest BCUT2D eigenvalue weighted by Gasteiger charge is 2.22. The molecule has 0 atom stereocenters. The zero-order valence-corrected chi connectivity index (χ0v) is 18.3. The second-order valence-corrected chi connectivity index (χ2v) is 8.86. The van der Waals surface area contributed by atoms with Crippen LogP contribution in [0.15, 0.2) is 47.4 Å². The normalized spacial score (nSPS) is 14.3. The summed E-state index contributed by atoms with van der Waals surface area (Å²) in [5.74, 6) is 0.432. The van der Waals surface area contributed by atoms with Crippen molar-refractivity contribution in [3.63, 3.8) is 0 Å². The first-order valence-corrected chi connectivity index (χ1v) is 11.4. The fourth-order valence-corrected chi connectivity index (χ4v) is 4.34. The summed E-state index contributed by atoms with van der Waals surface area (Å²) in [5.41, 5.74) is 1.61. The van der Waals surface area contributed by atoms with Gasteiger partial charge in [0.05, 0.1) is 17.1 Å². The Hall–Kier alpha value is -2.78. The molecule has 0 aromatic heterocycles. The highest BCUT2D eigenvalue weighted by atomic mass is 32.2. The van der Waals surface area contributed by atoms with Crippen molar-refractivity contribution in [1.29, 1.82) is 0 Å². The Balaban J connectivity index is 1.89. The Kier molecular flexibility index (Phi) is 6.84. The van der Waals surface area contributed by atoms with Crippen LogP contribution < -0.4 is 19.7 Å². The number of sulfonamides is 1. The molecule has 8 nitrogen and oxygen atoms in total. The van der Waals surface area contributed by atoms with Gasteiger partial charge < -0.3 is 19.9 Å². The lowest BCUT2D eigenvalue weighted by molar-refractivity contribution is 0.0828. The van der Waals surface area contributed by atoms with Crippen molar-refractivity contribution in [2.75, 3.05) is 56.5 Å². The second-order valence-electron chi connectivity index (χ2n) is 7.18. The number of piperazine rings is 1. The lowest BCUT2D eigenvalue weighted by Gasteiger charge is -2.31. The Morgan fingerprint density at radius 2 is 1.80 bits per heavy atom. The van der Waals surface area contributed by atoms with Crippen LogP contribution in [0.2, 0.25) is 0 Å². The van der Waals surface area contributed by atoms with E-state index in [1.807, 2.05) is 6.92 Å². The van der Waals surface area contributed by atoms with Gasteiger partial charge in [0.2, 0.25) is 0 Å². The minimum absolute atomic E-state index is 0.123. The summed E-state index contributed by atoms with van der Waals surface area (Å²) in [6.45, 7) is 5.61. The van der Waals surface area contributed by atoms with Crippen molar-refractivity contribution in [3.8, 4) is 5.75 Å². The molecule has 1 fully saturated rings. The zero-order valence-electron chi connectivity index (χ0n) is 17.5. The molecule has 1 amide bonds. The molecule has 2 N–H and O–H groups in total. The van der Waals surface area contributed by atoms with Crippen molar-refractivity contribution in [2.24, 2.45) is 0 Å². The summed E-state index contributed by atoms with van der Waals surface area (Å²) >= 11 is 0. The monoisotopic (exact) mass is 432 g/mol. The maximum Gasteiger partial charge on any atom is 0.261 e. The number of amides is 1. The van der Waals surface area contributed by atoms with Gasteiger partial charge in [-0.2, -0.15) is 0 Å². The number of carbonyl (C=O) groups excluding carboxylic acids is 1. The predicted molar refractivity (Wildman–Crippen MR) is 118 cm³/mol. The number of rotatable bonds is 7. The van der Waals surface area contributed by atoms with Gasteiger partial charge in [-0.3, -0.25) is 9.52 Å². The van der Waals surface area contributed by atoms with Crippen molar-refractivity contribution in [2.45, 2.75) is 11.8 Å². The molecule has 30 heavy (non-hydrogen) atoms. The molecule has 0 bridgehead atoms. The van der Waals surface area contributed by atoms with Crippen LogP contribution in [-0.2, 0) is 10.0 Å². The summed E-state index contributed by atoms with van der Waals surface area (Å²) < 4.78 is 33.6. The van der Waals surface area contributed by atoms with Crippen LogP contribution in [0.4, 0.5) is 11.4 Å². The van der Waals surface area contributed by atoms with Crippen LogP contribution in [0, 0.1) is 0 Å². The minimum Gasteiger partial charge on any atom is -0.494 e. The number of nitrogens with zero attached hydrogens (tertiary/aromatic N) is 2. The van der Waals surface area contributed by atoms with Crippen LogP contribution in [0.5, 0.6) is 5.75 Å². The van der Waals surface area contributed by atoms with Gasteiger partial charge >= 0.3 is 0 Å². The van der Waals surface area contributed by atoms with Crippen LogP contribution >= 0.6 is 0 Å². The van der Waals surface area contributed by atoms with E-state index in [0.29, 0.717) is 23.6 Å². The van der Waals surface area contributed by atoms with E-state index in [-0.39, 0.29) is 10.8 Å². The van der Waals surface area contributed by atoms with Crippen molar-refractivity contribution < 1.29 is 17.9 Å². The summed E-state index contributed by atoms with van der Waals surface area (Å²) in [5, 5.41) is 3.29. The fraction of sp³-hybridized carbons (Fsp3) is 0.381. The zero-order chi connectivity index (χ0) is 21.7. The molecular formula is C21H28N4O4S. The third kappa shape index (κ3) is 5.03. The molecule has 2 aromatic carbocycles. The largest absolute Gasteiger partial charge is 0.494 e. The summed E-state index contributed by atoms with van der Waals surface area (Å²) in [4.78, 5) is 16.5. The fourth-order valence-electron chi connectivity index (χ4n) is 3.29. The average Bonchev–Trinajstić information content (AvgIpc) is 2.74. The van der Waals surface area contributed by atoms with E-state index >= 15 is 0 Å². The predicted octanol–water partition coefficient (Wildman–Crippen LogP) is 2.00. The molecule has 0 unspecified atom stereocenters. The molecular weight excluding hydrogens is 404 g/mol. The van der Waals surface area contributed by atoms with Crippen molar-refractivity contribution >= 4 is 27.3 Å². The van der Waals surface area contributed by atoms with Crippen LogP contribution in [-0.4, -0.2) is 66.1 Å². The molecule has 162 valence electrons. The van der Waals surface area contributed by atoms with E-state index in [1.165, 1.54) is 17.0 Å². The molecule has 1 heterocycles. The van der Waals surface area contributed by atoms with Gasteiger partial charge in [-0.25, -0.2) is 8.42 Å². The summed E-state index contributed by atoms with van der Waals surface area (Å²) in [7, 11) is -0.437. The average molecular weight is 433 g/mol. The van der Waals surface area contributed by atoms with Crippen LogP contribution in [0.1, 0.15) is 17.3 Å². The van der Waals surface area contributed by atoms with E-state index in [1.54, 1.807) is 44.4 Å². The summed E-state index contributed by atoms with van der Waals surface area (Å²) in [6.07, 6.45) is 0. The number of hydrogen-bond donors (Lipinski definition) is 2. The Labute approximate surface area is 177 Å². The van der Waals surface area contributed by atoms with Gasteiger partial charge in [-0.1, -0.05) is 0 Å². The van der Waals surface area contributed by atoms with E-state index in [9.17, 15) is 13.2 Å². The van der Waals surface area contributed by atoms with E-state index in [0.717, 1.165) is 31.9 Å². The topological polar surface area (TPSA) is 91.0 Å². The highest BCUT2D eigenvalue weighted by Crippen LogP contribution is 2.27. The second kappa shape index (κ2) is 9.36. The quantitative estimate of drug-likeness (QED) is 0.696. The molecule has 1 aliphatic heterocycles. The van der Waals surface area contributed by atoms with E-state index in [2.05, 4.69) is 14.9 Å². The molecule has 3 rings (SSSR count). The highest BCUT2D eigenvalue weighted by molar-refractivity contribution is 7.92. The molecule has 1 aliphatic rings. The third-order valence-corrected chi connectivity index (χ3v) is 6.19. The molecule has 2 aromatic rings. The van der Waals surface area contributed by atoms with Crippen molar-refractivity contribution in [3.05, 3.63) is 48.0 Å². The lowest BCUT2D eigenvalue weighted by Crippen LogP contribution is -2.44. The SMILES string of the molecule is CCOc1ccc(S(=O)(=O)Nc2ccc(N3CCNCC3)c(C(=O)N(C)C)c2)cc1. The van der Waals surface area contributed by atoms with Crippen molar-refractivity contribution in [1.82, 2.24) is 10.2 Å². The summed E-state index contributed by atoms with van der Waals surface area (Å²) in [6, 6.07) is 11.3. The smallest absolute Gasteiger partial charge is 0.261 e. The number of nitrogens with one attached hydrogen (secondary N) is 2. The number of hydrogen-bond acceptors (Lipinski definition) is 6. The van der Waals surface area contributed by atoms with Crippen LogP contribution in [0.25, 0.3) is 0 Å². The van der Waals surface area contributed by atoms with Gasteiger partial charge in [0, 0.05) is 51.6 Å². The van der Waals surface area contributed by atoms with Gasteiger partial charge in [0.1, 0.15) is 5.75 Å². The van der Waals surface area contributed by atoms with Gasteiger partial charge in [-0.05, 0) is 49.4 Å². The molecule has 9 heteroatoms. The maximum absolute atomic E-state index is 12.8. The Morgan fingerprint density at radius 3 is 2.40 bits per heavy atom. The molecule has 0 radical (unpaired) electrons. The first kappa shape index (κ1) is 21.9. The van der Waals surface area contributed by atoms with Gasteiger partial charge in [0.15, 0.2) is 0 Å². The Bertz CT molecular complexity index is 985. The standard InChI is InChI=1S/C21H28N4O4S/c1-4-29-17-6-8-18(9-7-17)30(27,28)23-16-5-10-20(25-13-11-22-12-14-25)19(15-16)21(26)24(2)3/h5-10,15,22-23H,4,11-14H2,1-3H3. The molecule has 1 saturated heterocycles. The van der Waals surface area contributed by atoms with E-state index < -0.39 is 10.0 Å². The lowest BCUT2D eigenvalue weighted by atomic mass is 10.1. The maximum atomic E-state index is 12.8. The van der Waals surface area contributed by atoms with Crippen LogP contribution in [0.3, 0.4) is 0 Å². The van der Waals surface area contributed by atoms with Gasteiger partial charge in [-0.15, -0.1) is 0 Å². The number of ether oxygens (including phenoxy) is 1. The first-order chi connectivity index (χ1) is 14.3. The van der Waals surface area contributed by atoms with E-state index in [4.69, 9.17) is 4.74 Å².